The molecule has 0 unspecified atom stereocenters. The second-order valence-electron chi connectivity index (χ2n) is 2.04. The minimum absolute atomic E-state index is 0. The molecule has 6 heteroatoms. The molecule has 0 saturated heterocycles. The Morgan fingerprint density at radius 2 is 2.25 bits per heavy atom. The highest BCUT2D eigenvalue weighted by Crippen LogP contribution is 2.10. The summed E-state index contributed by atoms with van der Waals surface area (Å²) in [5.74, 6) is 0.452. The number of hydrogen-bond acceptors (Lipinski definition) is 5. The molecular weight excluding hydrogens is 178 g/mol. The van der Waals surface area contributed by atoms with Gasteiger partial charge in [0.2, 0.25) is 0 Å². The molecule has 1 heterocycles. The van der Waals surface area contributed by atoms with E-state index in [2.05, 4.69) is 15.3 Å². The zero-order valence-electron chi connectivity index (χ0n) is 6.53. The SMILES string of the molecule is Cl.NCCNc1cncnc1N. The van der Waals surface area contributed by atoms with Crippen LogP contribution in [0.2, 0.25) is 0 Å². The Labute approximate surface area is 77.0 Å². The van der Waals surface area contributed by atoms with Gasteiger partial charge in [-0.1, -0.05) is 0 Å². The highest BCUT2D eigenvalue weighted by Gasteiger charge is 1.95. The summed E-state index contributed by atoms with van der Waals surface area (Å²) >= 11 is 0. The van der Waals surface area contributed by atoms with Crippen LogP contribution in [0.5, 0.6) is 0 Å². The van der Waals surface area contributed by atoms with Gasteiger partial charge in [-0.15, -0.1) is 12.4 Å². The molecule has 68 valence electrons. The second kappa shape index (κ2) is 5.56. The fourth-order valence-corrected chi connectivity index (χ4v) is 0.682. The van der Waals surface area contributed by atoms with Gasteiger partial charge < -0.3 is 16.8 Å². The first kappa shape index (κ1) is 10.9. The number of halogens is 1. The standard InChI is InChI=1S/C6H11N5.ClH/c7-1-2-10-5-3-9-4-11-6(5)8;/h3-4,10H,1-2,7H2,(H2,8,9,11);1H. The molecule has 0 aromatic carbocycles. The number of rotatable bonds is 3. The van der Waals surface area contributed by atoms with Crippen LogP contribution in [0.3, 0.4) is 0 Å². The van der Waals surface area contributed by atoms with Crippen LogP contribution in [0.4, 0.5) is 11.5 Å². The molecule has 0 amide bonds. The van der Waals surface area contributed by atoms with Crippen LogP contribution in [0, 0.1) is 0 Å². The molecule has 0 bridgehead atoms. The van der Waals surface area contributed by atoms with Crippen molar-refractivity contribution in [2.75, 3.05) is 24.1 Å². The van der Waals surface area contributed by atoms with E-state index < -0.39 is 0 Å². The van der Waals surface area contributed by atoms with Crippen molar-refractivity contribution in [2.24, 2.45) is 5.73 Å². The summed E-state index contributed by atoms with van der Waals surface area (Å²) in [5, 5.41) is 2.99. The van der Waals surface area contributed by atoms with Gasteiger partial charge in [0.15, 0.2) is 0 Å². The number of anilines is 2. The molecule has 5 nitrogen and oxygen atoms in total. The van der Waals surface area contributed by atoms with Gasteiger partial charge in [-0.2, -0.15) is 0 Å². The number of aromatic nitrogens is 2. The first-order valence-electron chi connectivity index (χ1n) is 3.34. The number of nitrogens with two attached hydrogens (primary N) is 2. The summed E-state index contributed by atoms with van der Waals surface area (Å²) < 4.78 is 0. The van der Waals surface area contributed by atoms with Crippen LogP contribution in [0.1, 0.15) is 0 Å². The van der Waals surface area contributed by atoms with Crippen LogP contribution in [0.15, 0.2) is 12.5 Å². The average Bonchev–Trinajstić information content (AvgIpc) is 2.03. The van der Waals surface area contributed by atoms with Gasteiger partial charge in [0.25, 0.3) is 0 Å². The van der Waals surface area contributed by atoms with Gasteiger partial charge in [-0.3, -0.25) is 0 Å². The Kier molecular flexibility index (Phi) is 5.07. The Balaban J connectivity index is 0.00000121. The predicted octanol–water partition coefficient (Wildman–Crippen LogP) is -0.149. The molecule has 1 aromatic rings. The van der Waals surface area contributed by atoms with E-state index in [-0.39, 0.29) is 12.4 Å². The second-order valence-corrected chi connectivity index (χ2v) is 2.04. The van der Waals surface area contributed by atoms with E-state index in [0.29, 0.717) is 18.9 Å². The number of hydrogen-bond donors (Lipinski definition) is 3. The zero-order chi connectivity index (χ0) is 8.10. The molecule has 1 aromatic heterocycles. The predicted molar refractivity (Wildman–Crippen MR) is 51.2 cm³/mol. The Morgan fingerprint density at radius 3 is 2.83 bits per heavy atom. The van der Waals surface area contributed by atoms with E-state index in [1.807, 2.05) is 0 Å². The Morgan fingerprint density at radius 1 is 1.50 bits per heavy atom. The number of nitrogens with zero attached hydrogens (tertiary/aromatic N) is 2. The van der Waals surface area contributed by atoms with Crippen molar-refractivity contribution in [2.45, 2.75) is 0 Å². The van der Waals surface area contributed by atoms with Crippen molar-refractivity contribution < 1.29 is 0 Å². The van der Waals surface area contributed by atoms with Crippen LogP contribution in [0.25, 0.3) is 0 Å². The largest absolute Gasteiger partial charge is 0.382 e. The van der Waals surface area contributed by atoms with Gasteiger partial charge in [-0.05, 0) is 0 Å². The Bertz CT molecular complexity index is 229. The van der Waals surface area contributed by atoms with E-state index >= 15 is 0 Å². The maximum atomic E-state index is 5.51. The highest BCUT2D eigenvalue weighted by molar-refractivity contribution is 5.85. The van der Waals surface area contributed by atoms with E-state index in [0.717, 1.165) is 5.69 Å². The fourth-order valence-electron chi connectivity index (χ4n) is 0.682. The third-order valence-corrected chi connectivity index (χ3v) is 1.20. The van der Waals surface area contributed by atoms with Crippen molar-refractivity contribution in [1.29, 1.82) is 0 Å². The van der Waals surface area contributed by atoms with Gasteiger partial charge in [0.05, 0.1) is 11.9 Å². The van der Waals surface area contributed by atoms with Crippen LogP contribution >= 0.6 is 12.4 Å². The smallest absolute Gasteiger partial charge is 0.150 e. The topological polar surface area (TPSA) is 89.8 Å². The zero-order valence-corrected chi connectivity index (χ0v) is 7.34. The molecule has 0 aliphatic rings. The van der Waals surface area contributed by atoms with Crippen molar-refractivity contribution in [3.05, 3.63) is 12.5 Å². The summed E-state index contributed by atoms with van der Waals surface area (Å²) in [7, 11) is 0. The van der Waals surface area contributed by atoms with Crippen molar-refractivity contribution >= 4 is 23.9 Å². The lowest BCUT2D eigenvalue weighted by molar-refractivity contribution is 1.02. The molecule has 0 spiro atoms. The maximum Gasteiger partial charge on any atom is 0.150 e. The molecule has 0 saturated carbocycles. The lowest BCUT2D eigenvalue weighted by Gasteiger charge is -2.04. The van der Waals surface area contributed by atoms with Crippen molar-refractivity contribution in [3.8, 4) is 0 Å². The monoisotopic (exact) mass is 189 g/mol. The third kappa shape index (κ3) is 2.89. The molecule has 0 aliphatic heterocycles. The molecule has 0 fully saturated rings. The third-order valence-electron chi connectivity index (χ3n) is 1.20. The molecule has 0 radical (unpaired) electrons. The summed E-state index contributed by atoms with van der Waals surface area (Å²) in [6, 6.07) is 0. The van der Waals surface area contributed by atoms with Gasteiger partial charge in [0, 0.05) is 13.1 Å². The van der Waals surface area contributed by atoms with E-state index in [1.54, 1.807) is 6.20 Å². The lowest BCUT2D eigenvalue weighted by atomic mass is 10.4. The lowest BCUT2D eigenvalue weighted by Crippen LogP contribution is -2.14. The first-order valence-corrected chi connectivity index (χ1v) is 3.34. The minimum Gasteiger partial charge on any atom is -0.382 e. The molecule has 12 heavy (non-hydrogen) atoms. The van der Waals surface area contributed by atoms with E-state index in [9.17, 15) is 0 Å². The van der Waals surface area contributed by atoms with E-state index in [4.69, 9.17) is 11.5 Å². The molecule has 0 atom stereocenters. The maximum absolute atomic E-state index is 5.51. The average molecular weight is 190 g/mol. The first-order chi connectivity index (χ1) is 5.34. The summed E-state index contributed by atoms with van der Waals surface area (Å²) in [5.41, 5.74) is 11.5. The molecule has 0 aliphatic carbocycles. The molecule has 5 N–H and O–H groups in total. The van der Waals surface area contributed by atoms with Crippen LogP contribution < -0.4 is 16.8 Å². The summed E-state index contributed by atoms with van der Waals surface area (Å²) in [6.07, 6.45) is 3.03. The quantitative estimate of drug-likeness (QED) is 0.616. The van der Waals surface area contributed by atoms with Gasteiger partial charge in [0.1, 0.15) is 12.1 Å². The van der Waals surface area contributed by atoms with E-state index in [1.165, 1.54) is 6.33 Å². The van der Waals surface area contributed by atoms with Crippen molar-refractivity contribution in [3.63, 3.8) is 0 Å². The van der Waals surface area contributed by atoms with Crippen LogP contribution in [-0.4, -0.2) is 23.1 Å². The van der Waals surface area contributed by atoms with Gasteiger partial charge >= 0.3 is 0 Å². The number of nitrogen functional groups attached to an aromatic ring is 1. The number of nitrogens with one attached hydrogen (secondary N) is 1. The van der Waals surface area contributed by atoms with Gasteiger partial charge in [-0.25, -0.2) is 9.97 Å². The summed E-state index contributed by atoms with van der Waals surface area (Å²) in [4.78, 5) is 7.60. The fraction of sp³-hybridized carbons (Fsp3) is 0.333. The Hall–Kier alpha value is -1.07. The summed E-state index contributed by atoms with van der Waals surface area (Å²) in [6.45, 7) is 1.24. The molecular formula is C6H12ClN5. The van der Waals surface area contributed by atoms with Crippen LogP contribution in [-0.2, 0) is 0 Å². The minimum atomic E-state index is 0. The highest BCUT2D eigenvalue weighted by atomic mass is 35.5. The molecule has 1 rings (SSSR count). The van der Waals surface area contributed by atoms with Crippen molar-refractivity contribution in [1.82, 2.24) is 9.97 Å². The normalized spacial score (nSPS) is 8.75.